The number of methoxy groups -OCH3 is 1. The molecule has 2 aromatic rings. The number of nitrogens with zero attached hydrogens (tertiary/aromatic N) is 1. The number of amides is 3. The van der Waals surface area contributed by atoms with E-state index in [9.17, 15) is 14.4 Å². The van der Waals surface area contributed by atoms with Crippen LogP contribution in [0.25, 0.3) is 0 Å². The van der Waals surface area contributed by atoms with E-state index in [2.05, 4.69) is 21.2 Å². The number of ether oxygens (including phenoxy) is 3. The van der Waals surface area contributed by atoms with E-state index >= 15 is 0 Å². The van der Waals surface area contributed by atoms with Gasteiger partial charge < -0.3 is 24.8 Å². The van der Waals surface area contributed by atoms with E-state index < -0.39 is 11.8 Å². The number of hydrogen-bond donors (Lipinski definition) is 3. The quantitative estimate of drug-likeness (QED) is 0.106. The molecule has 0 spiro atoms. The maximum absolute atomic E-state index is 12.3. The molecule has 10 nitrogen and oxygen atoms in total. The Bertz CT molecular complexity index is 1140. The van der Waals surface area contributed by atoms with Crippen LogP contribution in [0.2, 0.25) is 5.02 Å². The van der Waals surface area contributed by atoms with E-state index in [1.807, 2.05) is 49.4 Å². The van der Waals surface area contributed by atoms with Crippen LogP contribution in [0.5, 0.6) is 11.5 Å². The van der Waals surface area contributed by atoms with Crippen molar-refractivity contribution in [2.45, 2.75) is 33.3 Å². The number of hydrogen-bond acceptors (Lipinski definition) is 7. The Balaban J connectivity index is 1.89. The van der Waals surface area contributed by atoms with E-state index in [1.54, 1.807) is 24.3 Å². The summed E-state index contributed by atoms with van der Waals surface area (Å²) in [4.78, 5) is 36.1. The molecule has 200 valence electrons. The van der Waals surface area contributed by atoms with Gasteiger partial charge in [-0.2, -0.15) is 5.10 Å². The van der Waals surface area contributed by atoms with E-state index in [0.717, 1.165) is 5.56 Å². The molecule has 0 heterocycles. The molecule has 0 aromatic heterocycles. The zero-order valence-electron chi connectivity index (χ0n) is 21.0. The summed E-state index contributed by atoms with van der Waals surface area (Å²) < 4.78 is 17.1. The average Bonchev–Trinajstić information content (AvgIpc) is 2.84. The summed E-state index contributed by atoms with van der Waals surface area (Å²) in [5.41, 5.74) is 4.24. The molecule has 3 amide bonds. The smallest absolute Gasteiger partial charge is 0.329 e. The zero-order valence-corrected chi connectivity index (χ0v) is 23.9. The van der Waals surface area contributed by atoms with Crippen LogP contribution in [0.1, 0.15) is 31.4 Å². The number of nitrogens with one attached hydrogen (secondary N) is 3. The molecule has 0 saturated heterocycles. The fraction of sp³-hybridized carbons (Fsp3) is 0.360. The molecule has 2 aromatic carbocycles. The largest absolute Gasteiger partial charge is 0.493 e. The van der Waals surface area contributed by atoms with E-state index in [0.29, 0.717) is 50.9 Å². The van der Waals surface area contributed by atoms with Gasteiger partial charge >= 0.3 is 11.8 Å². The molecule has 0 aliphatic rings. The Morgan fingerprint density at radius 1 is 1.16 bits per heavy atom. The van der Waals surface area contributed by atoms with Gasteiger partial charge in [-0.05, 0) is 85.2 Å². The van der Waals surface area contributed by atoms with Crippen molar-refractivity contribution in [3.8, 4) is 11.5 Å². The Labute approximate surface area is 234 Å². The predicted octanol–water partition coefficient (Wildman–Crippen LogP) is 3.66. The second-order valence-corrected chi connectivity index (χ2v) is 9.63. The molecule has 12 heteroatoms. The van der Waals surface area contributed by atoms with Crippen molar-refractivity contribution in [2.75, 3.05) is 32.2 Å². The first-order chi connectivity index (χ1) is 17.6. The maximum atomic E-state index is 12.3. The Morgan fingerprint density at radius 2 is 1.92 bits per heavy atom. The van der Waals surface area contributed by atoms with Gasteiger partial charge in [0.1, 0.15) is 0 Å². The predicted molar refractivity (Wildman–Crippen MR) is 150 cm³/mol. The summed E-state index contributed by atoms with van der Waals surface area (Å²) >= 11 is 8.13. The van der Waals surface area contributed by atoms with Gasteiger partial charge in [0.25, 0.3) is 5.91 Å². The van der Waals surface area contributed by atoms with Gasteiger partial charge in [0.15, 0.2) is 18.1 Å². The maximum Gasteiger partial charge on any atom is 0.329 e. The fourth-order valence-electron chi connectivity index (χ4n) is 2.85. The number of halogens is 2. The third-order valence-corrected chi connectivity index (χ3v) is 5.91. The van der Waals surface area contributed by atoms with Crippen LogP contribution in [0.15, 0.2) is 35.4 Å². The topological polar surface area (TPSA) is 127 Å². The van der Waals surface area contributed by atoms with Crippen molar-refractivity contribution in [2.24, 2.45) is 5.10 Å². The number of aryl methyl sites for hydroxylation is 1. The summed E-state index contributed by atoms with van der Waals surface area (Å²) in [5, 5.41) is 9.61. The van der Waals surface area contributed by atoms with Crippen molar-refractivity contribution < 1.29 is 28.6 Å². The summed E-state index contributed by atoms with van der Waals surface area (Å²) in [6.45, 7) is 6.27. The molecule has 0 bridgehead atoms. The number of carbonyl (C=O) groups excluding carboxylic acids is 3. The second kappa shape index (κ2) is 15.4. The Hall–Kier alpha value is -2.90. The number of rotatable bonds is 12. The molecule has 0 saturated carbocycles. The van der Waals surface area contributed by atoms with E-state index in [4.69, 9.17) is 25.8 Å². The molecule has 0 aliphatic heterocycles. The lowest BCUT2D eigenvalue weighted by atomic mass is 10.2. The highest BCUT2D eigenvalue weighted by atomic mass is 127. The van der Waals surface area contributed by atoms with E-state index in [1.165, 1.54) is 13.3 Å². The van der Waals surface area contributed by atoms with Gasteiger partial charge in [-0.25, -0.2) is 5.43 Å². The number of benzene rings is 2. The minimum atomic E-state index is -0.886. The van der Waals surface area contributed by atoms with E-state index in [-0.39, 0.29) is 18.6 Å². The molecule has 3 N–H and O–H groups in total. The SMILES string of the molecule is COc1cc(/C=N\NC(=O)C(=O)NCCCOC(C)C)cc(I)c1OCC(=O)Nc1ccc(C)c(Cl)c1. The second-order valence-electron chi connectivity index (χ2n) is 8.06. The summed E-state index contributed by atoms with van der Waals surface area (Å²) in [6, 6.07) is 8.58. The highest BCUT2D eigenvalue weighted by Gasteiger charge is 2.15. The lowest BCUT2D eigenvalue weighted by molar-refractivity contribution is -0.139. The van der Waals surface area contributed by atoms with Crippen LogP contribution in [0.3, 0.4) is 0 Å². The first kappa shape index (κ1) is 30.3. The minimum absolute atomic E-state index is 0.110. The summed E-state index contributed by atoms with van der Waals surface area (Å²) in [7, 11) is 1.46. The van der Waals surface area contributed by atoms with Crippen LogP contribution in [0, 0.1) is 10.5 Å². The molecule has 0 fully saturated rings. The molecular weight excluding hydrogens is 615 g/mol. The van der Waals surface area contributed by atoms with Crippen LogP contribution < -0.4 is 25.5 Å². The first-order valence-corrected chi connectivity index (χ1v) is 12.9. The summed E-state index contributed by atoms with van der Waals surface area (Å²) in [6.07, 6.45) is 2.07. The Morgan fingerprint density at radius 3 is 2.59 bits per heavy atom. The van der Waals surface area contributed by atoms with Crippen molar-refractivity contribution in [3.05, 3.63) is 50.1 Å². The highest BCUT2D eigenvalue weighted by molar-refractivity contribution is 14.1. The van der Waals surface area contributed by atoms with Gasteiger partial charge in [0.2, 0.25) is 0 Å². The third-order valence-electron chi connectivity index (χ3n) is 4.70. The number of anilines is 1. The van der Waals surface area contributed by atoms with Crippen molar-refractivity contribution in [1.29, 1.82) is 0 Å². The molecule has 0 aliphatic carbocycles. The molecule has 2 rings (SSSR count). The first-order valence-electron chi connectivity index (χ1n) is 11.4. The zero-order chi connectivity index (χ0) is 27.4. The normalized spacial score (nSPS) is 10.9. The van der Waals surface area contributed by atoms with Crippen molar-refractivity contribution in [1.82, 2.24) is 10.7 Å². The Kier molecular flexibility index (Phi) is 12.6. The number of carbonyl (C=O) groups is 3. The molecule has 37 heavy (non-hydrogen) atoms. The lowest BCUT2D eigenvalue weighted by Gasteiger charge is -2.14. The van der Waals surface area contributed by atoms with Crippen molar-refractivity contribution >= 4 is 63.8 Å². The van der Waals surface area contributed by atoms with Gasteiger partial charge in [-0.15, -0.1) is 0 Å². The van der Waals surface area contributed by atoms with Crippen LogP contribution in [0.4, 0.5) is 5.69 Å². The monoisotopic (exact) mass is 644 g/mol. The molecular formula is C25H30ClIN4O6. The average molecular weight is 645 g/mol. The van der Waals surface area contributed by atoms with Crippen LogP contribution in [-0.4, -0.2) is 56.9 Å². The van der Waals surface area contributed by atoms with Crippen LogP contribution in [-0.2, 0) is 19.1 Å². The van der Waals surface area contributed by atoms with Gasteiger partial charge in [-0.1, -0.05) is 17.7 Å². The third kappa shape index (κ3) is 10.5. The van der Waals surface area contributed by atoms with Gasteiger partial charge in [-0.3, -0.25) is 14.4 Å². The fourth-order valence-corrected chi connectivity index (χ4v) is 3.81. The highest BCUT2D eigenvalue weighted by Crippen LogP contribution is 2.33. The minimum Gasteiger partial charge on any atom is -0.493 e. The molecule has 0 radical (unpaired) electrons. The number of hydrazone groups is 1. The van der Waals surface area contributed by atoms with Gasteiger partial charge in [0, 0.05) is 23.9 Å². The van der Waals surface area contributed by atoms with Gasteiger partial charge in [0.05, 0.1) is 23.0 Å². The molecule has 0 atom stereocenters. The van der Waals surface area contributed by atoms with Crippen LogP contribution >= 0.6 is 34.2 Å². The standard InChI is InChI=1S/C25H30ClIN4O6/c1-15(2)36-9-5-8-28-24(33)25(34)31-29-13-17-10-20(27)23(21(11-17)35-4)37-14-22(32)30-18-7-6-16(3)19(26)12-18/h6-7,10-13,15H,5,8-9,14H2,1-4H3,(H,28,33)(H,30,32)(H,31,34)/b29-13-. The van der Waals surface area contributed by atoms with Crippen molar-refractivity contribution in [3.63, 3.8) is 0 Å². The molecule has 0 unspecified atom stereocenters. The lowest BCUT2D eigenvalue weighted by Crippen LogP contribution is -2.38. The summed E-state index contributed by atoms with van der Waals surface area (Å²) in [5.74, 6) is -1.29.